The Morgan fingerprint density at radius 3 is 2.31 bits per heavy atom. The minimum atomic E-state index is -0.450. The lowest BCUT2D eigenvalue weighted by atomic mass is 10.2. The molecule has 0 saturated heterocycles. The van der Waals surface area contributed by atoms with E-state index in [-0.39, 0.29) is 19.1 Å². The molecule has 0 aliphatic heterocycles. The maximum absolute atomic E-state index is 12.1. The van der Waals surface area contributed by atoms with Crippen molar-refractivity contribution in [2.24, 2.45) is 0 Å². The summed E-state index contributed by atoms with van der Waals surface area (Å²) in [5.41, 5.74) is 1.82. The van der Waals surface area contributed by atoms with E-state index >= 15 is 0 Å². The highest BCUT2D eigenvalue weighted by atomic mass is 16.5. The molecule has 0 saturated carbocycles. The molecule has 136 valence electrons. The number of carbonyl (C=O) groups is 3. The van der Waals surface area contributed by atoms with Crippen molar-refractivity contribution in [1.82, 2.24) is 0 Å². The van der Waals surface area contributed by atoms with Gasteiger partial charge in [0.2, 0.25) is 5.91 Å². The number of nitrogens with one attached hydrogen (secondary N) is 2. The summed E-state index contributed by atoms with van der Waals surface area (Å²) in [6, 6.07) is 13.1. The number of esters is 2. The van der Waals surface area contributed by atoms with Gasteiger partial charge in [0.1, 0.15) is 0 Å². The van der Waals surface area contributed by atoms with Gasteiger partial charge in [0.25, 0.3) is 0 Å². The number of methoxy groups -OCH3 is 1. The third kappa shape index (κ3) is 5.07. The van der Waals surface area contributed by atoms with Crippen LogP contribution in [0, 0.1) is 0 Å². The summed E-state index contributed by atoms with van der Waals surface area (Å²) in [4.78, 5) is 35.4. The van der Waals surface area contributed by atoms with E-state index in [4.69, 9.17) is 4.74 Å². The monoisotopic (exact) mass is 356 g/mol. The van der Waals surface area contributed by atoms with Crippen molar-refractivity contribution in [2.75, 3.05) is 30.9 Å². The van der Waals surface area contributed by atoms with Gasteiger partial charge in [-0.25, -0.2) is 9.59 Å². The molecule has 0 bridgehead atoms. The number of amides is 1. The number of para-hydroxylation sites is 1. The molecule has 1 amide bonds. The molecule has 2 rings (SSSR count). The Hall–Kier alpha value is -3.35. The molecule has 0 fully saturated rings. The van der Waals surface area contributed by atoms with Crippen LogP contribution in [0.25, 0.3) is 0 Å². The van der Waals surface area contributed by atoms with E-state index in [9.17, 15) is 14.4 Å². The molecule has 0 aliphatic rings. The highest BCUT2D eigenvalue weighted by Crippen LogP contribution is 2.16. The average molecular weight is 356 g/mol. The molecular formula is C19H20N2O5. The molecule has 0 unspecified atom stereocenters. The second-order valence-electron chi connectivity index (χ2n) is 5.24. The number of hydrogen-bond acceptors (Lipinski definition) is 6. The summed E-state index contributed by atoms with van der Waals surface area (Å²) in [7, 11) is 1.30. The Labute approximate surface area is 151 Å². The van der Waals surface area contributed by atoms with Gasteiger partial charge in [-0.15, -0.1) is 0 Å². The quantitative estimate of drug-likeness (QED) is 0.741. The van der Waals surface area contributed by atoms with Crippen LogP contribution in [0.2, 0.25) is 0 Å². The average Bonchev–Trinajstić information content (AvgIpc) is 2.66. The van der Waals surface area contributed by atoms with E-state index in [1.807, 2.05) is 0 Å². The molecular weight excluding hydrogens is 336 g/mol. The van der Waals surface area contributed by atoms with E-state index in [1.54, 1.807) is 55.5 Å². The first-order valence-corrected chi connectivity index (χ1v) is 8.03. The predicted octanol–water partition coefficient (Wildman–Crippen LogP) is 2.70. The predicted molar refractivity (Wildman–Crippen MR) is 97.3 cm³/mol. The number of ether oxygens (including phenoxy) is 2. The van der Waals surface area contributed by atoms with Crippen LogP contribution in [0.3, 0.4) is 0 Å². The Bertz CT molecular complexity index is 787. The zero-order chi connectivity index (χ0) is 18.9. The number of benzene rings is 2. The van der Waals surface area contributed by atoms with E-state index in [2.05, 4.69) is 15.4 Å². The molecule has 7 nitrogen and oxygen atoms in total. The number of carbonyl (C=O) groups excluding carboxylic acids is 3. The van der Waals surface area contributed by atoms with E-state index in [0.717, 1.165) is 0 Å². The summed E-state index contributed by atoms with van der Waals surface area (Å²) in [6.07, 6.45) is 0. The van der Waals surface area contributed by atoms with Crippen LogP contribution in [0.15, 0.2) is 48.5 Å². The van der Waals surface area contributed by atoms with Crippen LogP contribution in [0.5, 0.6) is 0 Å². The largest absolute Gasteiger partial charge is 0.465 e. The first-order chi connectivity index (χ1) is 12.5. The summed E-state index contributed by atoms with van der Waals surface area (Å²) in [5.74, 6) is -1.19. The maximum atomic E-state index is 12.1. The molecule has 0 aliphatic carbocycles. The Morgan fingerprint density at radius 2 is 1.65 bits per heavy atom. The van der Waals surface area contributed by atoms with E-state index in [1.165, 1.54) is 7.11 Å². The molecule has 2 aromatic rings. The fourth-order valence-electron chi connectivity index (χ4n) is 2.21. The summed E-state index contributed by atoms with van der Waals surface area (Å²) >= 11 is 0. The lowest BCUT2D eigenvalue weighted by Gasteiger charge is -2.11. The smallest absolute Gasteiger partial charge is 0.340 e. The van der Waals surface area contributed by atoms with Crippen LogP contribution >= 0.6 is 0 Å². The van der Waals surface area contributed by atoms with Gasteiger partial charge in [-0.2, -0.15) is 0 Å². The van der Waals surface area contributed by atoms with Crippen molar-refractivity contribution >= 4 is 29.2 Å². The topological polar surface area (TPSA) is 93.7 Å². The SMILES string of the molecule is CCOC(=O)c1ccccc1NCC(=O)Nc1ccc(C(=O)OC)cc1. The van der Waals surface area contributed by atoms with Crippen LogP contribution in [0.4, 0.5) is 11.4 Å². The Kier molecular flexibility index (Phi) is 6.73. The van der Waals surface area contributed by atoms with Crippen LogP contribution < -0.4 is 10.6 Å². The number of hydrogen-bond donors (Lipinski definition) is 2. The third-order valence-corrected chi connectivity index (χ3v) is 3.45. The number of anilines is 2. The molecule has 26 heavy (non-hydrogen) atoms. The zero-order valence-electron chi connectivity index (χ0n) is 14.6. The second-order valence-corrected chi connectivity index (χ2v) is 5.24. The summed E-state index contributed by atoms with van der Waals surface area (Å²) < 4.78 is 9.61. The van der Waals surface area contributed by atoms with Crippen molar-refractivity contribution in [3.05, 3.63) is 59.7 Å². The lowest BCUT2D eigenvalue weighted by Crippen LogP contribution is -2.22. The minimum Gasteiger partial charge on any atom is -0.465 e. The first kappa shape index (κ1) is 19.0. The van der Waals surface area contributed by atoms with Crippen molar-refractivity contribution < 1.29 is 23.9 Å². The molecule has 0 heterocycles. The van der Waals surface area contributed by atoms with E-state index < -0.39 is 11.9 Å². The lowest BCUT2D eigenvalue weighted by molar-refractivity contribution is -0.114. The molecule has 0 atom stereocenters. The summed E-state index contributed by atoms with van der Waals surface area (Å²) in [6.45, 7) is 1.97. The van der Waals surface area contributed by atoms with Gasteiger partial charge in [0.05, 0.1) is 31.4 Å². The van der Waals surface area contributed by atoms with Gasteiger partial charge in [-0.1, -0.05) is 12.1 Å². The molecule has 2 N–H and O–H groups in total. The molecule has 0 aromatic heterocycles. The highest BCUT2D eigenvalue weighted by molar-refractivity contribution is 5.98. The van der Waals surface area contributed by atoms with Crippen molar-refractivity contribution in [1.29, 1.82) is 0 Å². The van der Waals surface area contributed by atoms with Crippen LogP contribution in [0.1, 0.15) is 27.6 Å². The molecule has 2 aromatic carbocycles. The zero-order valence-corrected chi connectivity index (χ0v) is 14.6. The van der Waals surface area contributed by atoms with Crippen molar-refractivity contribution in [3.63, 3.8) is 0 Å². The van der Waals surface area contributed by atoms with Crippen molar-refractivity contribution in [3.8, 4) is 0 Å². The number of rotatable bonds is 7. The normalized spacial score (nSPS) is 9.92. The van der Waals surface area contributed by atoms with Gasteiger partial charge < -0.3 is 20.1 Å². The fourth-order valence-corrected chi connectivity index (χ4v) is 2.21. The fraction of sp³-hybridized carbons (Fsp3) is 0.211. The van der Waals surface area contributed by atoms with Gasteiger partial charge in [-0.05, 0) is 43.3 Å². The van der Waals surface area contributed by atoms with Gasteiger partial charge in [0, 0.05) is 11.4 Å². The molecule has 0 radical (unpaired) electrons. The third-order valence-electron chi connectivity index (χ3n) is 3.45. The first-order valence-electron chi connectivity index (χ1n) is 8.03. The van der Waals surface area contributed by atoms with Gasteiger partial charge in [-0.3, -0.25) is 4.79 Å². The minimum absolute atomic E-state index is 0.0326. The van der Waals surface area contributed by atoms with Crippen LogP contribution in [-0.4, -0.2) is 38.1 Å². The Balaban J connectivity index is 1.95. The molecule has 0 spiro atoms. The highest BCUT2D eigenvalue weighted by Gasteiger charge is 2.12. The maximum Gasteiger partial charge on any atom is 0.340 e. The van der Waals surface area contributed by atoms with E-state index in [0.29, 0.717) is 22.5 Å². The van der Waals surface area contributed by atoms with Crippen molar-refractivity contribution in [2.45, 2.75) is 6.92 Å². The summed E-state index contributed by atoms with van der Waals surface area (Å²) in [5, 5.41) is 5.62. The van der Waals surface area contributed by atoms with Gasteiger partial charge >= 0.3 is 11.9 Å². The van der Waals surface area contributed by atoms with Crippen LogP contribution in [-0.2, 0) is 14.3 Å². The second kappa shape index (κ2) is 9.22. The molecule has 7 heteroatoms. The Morgan fingerprint density at radius 1 is 0.962 bits per heavy atom. The standard InChI is InChI=1S/C19H20N2O5/c1-3-26-19(24)15-6-4-5-7-16(15)20-12-17(22)21-14-10-8-13(9-11-14)18(23)25-2/h4-11,20H,3,12H2,1-2H3,(H,21,22). The van der Waals surface area contributed by atoms with Gasteiger partial charge in [0.15, 0.2) is 0 Å².